The number of fused-ring (bicyclic) bond motifs is 1. The molecule has 0 saturated carbocycles. The monoisotopic (exact) mass is 571 g/mol. The van der Waals surface area contributed by atoms with E-state index in [0.29, 0.717) is 17.9 Å². The summed E-state index contributed by atoms with van der Waals surface area (Å²) in [5, 5.41) is 14.0. The molecule has 6 rings (SSSR count). The van der Waals surface area contributed by atoms with Crippen LogP contribution < -0.4 is 5.32 Å². The molecule has 0 bridgehead atoms. The van der Waals surface area contributed by atoms with E-state index in [0.717, 1.165) is 27.3 Å². The number of rotatable bonds is 6. The van der Waals surface area contributed by atoms with Gasteiger partial charge < -0.3 is 20.2 Å². The standard InChI is InChI=1S/C31H33N5O4S/c1-17(2)25(36-14-20-7-5-6-8-23(20)28(36)38)29(39)35-15-22(37)13-24(35)27-33-30(40)31(4,34-27)21-11-9-19(10-12-21)26-18(3)32-16-41-26/h5-12,16-17,22,24-25,37H,13-15H2,1-4H3,(H,33,34,40)/t22-,24+,25?,31?/m1/s1. The lowest BCUT2D eigenvalue weighted by atomic mass is 9.91. The van der Waals surface area contributed by atoms with Crippen LogP contribution in [0.25, 0.3) is 10.4 Å². The van der Waals surface area contributed by atoms with E-state index in [4.69, 9.17) is 0 Å². The fraction of sp³-hybridized carbons (Fsp3) is 0.387. The molecule has 10 heteroatoms. The highest BCUT2D eigenvalue weighted by Crippen LogP contribution is 2.34. The van der Waals surface area contributed by atoms with E-state index in [2.05, 4.69) is 15.3 Å². The zero-order chi connectivity index (χ0) is 29.1. The number of hydrogen-bond donors (Lipinski definition) is 2. The van der Waals surface area contributed by atoms with E-state index in [-0.39, 0.29) is 36.6 Å². The van der Waals surface area contributed by atoms with Crippen molar-refractivity contribution in [2.75, 3.05) is 6.54 Å². The maximum atomic E-state index is 14.1. The molecule has 212 valence electrons. The molecule has 3 aliphatic heterocycles. The number of likely N-dealkylation sites (tertiary alicyclic amines) is 1. The Labute approximate surface area is 242 Å². The van der Waals surface area contributed by atoms with Crippen molar-refractivity contribution in [3.8, 4) is 10.4 Å². The summed E-state index contributed by atoms with van der Waals surface area (Å²) in [7, 11) is 0. The zero-order valence-corrected chi connectivity index (χ0v) is 24.3. The Balaban J connectivity index is 1.24. The van der Waals surface area contributed by atoms with Crippen LogP contribution in [0.4, 0.5) is 0 Å². The van der Waals surface area contributed by atoms with Crippen LogP contribution in [0.5, 0.6) is 0 Å². The first-order valence-electron chi connectivity index (χ1n) is 13.9. The Morgan fingerprint density at radius 1 is 1.15 bits per heavy atom. The highest BCUT2D eigenvalue weighted by atomic mass is 32.1. The van der Waals surface area contributed by atoms with Gasteiger partial charge in [0.1, 0.15) is 17.4 Å². The van der Waals surface area contributed by atoms with E-state index in [1.807, 2.05) is 68.7 Å². The maximum absolute atomic E-state index is 14.1. The fourth-order valence-corrected chi connectivity index (χ4v) is 7.02. The first-order valence-corrected chi connectivity index (χ1v) is 14.8. The molecular formula is C31H33N5O4S. The van der Waals surface area contributed by atoms with Gasteiger partial charge in [0.2, 0.25) is 5.91 Å². The van der Waals surface area contributed by atoms with Crippen molar-refractivity contribution in [3.05, 3.63) is 76.4 Å². The number of carbonyl (C=O) groups excluding carboxylic acids is 3. The number of nitrogens with zero attached hydrogens (tertiary/aromatic N) is 4. The van der Waals surface area contributed by atoms with E-state index in [1.54, 1.807) is 34.1 Å². The molecule has 1 fully saturated rings. The summed E-state index contributed by atoms with van der Waals surface area (Å²) >= 11 is 1.57. The molecule has 2 unspecified atom stereocenters. The van der Waals surface area contributed by atoms with Gasteiger partial charge in [0.05, 0.1) is 28.2 Å². The van der Waals surface area contributed by atoms with Gasteiger partial charge in [0, 0.05) is 25.1 Å². The molecule has 4 heterocycles. The minimum absolute atomic E-state index is 0.107. The largest absolute Gasteiger partial charge is 0.391 e. The zero-order valence-electron chi connectivity index (χ0n) is 23.5. The molecule has 1 aromatic heterocycles. The topological polar surface area (TPSA) is 115 Å². The molecule has 0 radical (unpaired) electrons. The van der Waals surface area contributed by atoms with Crippen molar-refractivity contribution < 1.29 is 19.5 Å². The number of aliphatic hydroxyl groups is 1. The minimum Gasteiger partial charge on any atom is -0.391 e. The summed E-state index contributed by atoms with van der Waals surface area (Å²) in [6.45, 7) is 8.06. The smallest absolute Gasteiger partial charge is 0.277 e. The molecule has 0 aliphatic carbocycles. The number of amidine groups is 1. The molecule has 9 nitrogen and oxygen atoms in total. The molecule has 41 heavy (non-hydrogen) atoms. The number of carbonyl (C=O) groups is 3. The number of thiazole rings is 1. The van der Waals surface area contributed by atoms with Crippen LogP contribution in [0.15, 0.2) is 59.0 Å². The number of nitrogens with one attached hydrogen (secondary N) is 1. The van der Waals surface area contributed by atoms with Crippen molar-refractivity contribution >= 4 is 34.9 Å². The first-order chi connectivity index (χ1) is 19.6. The predicted molar refractivity (Wildman–Crippen MR) is 156 cm³/mol. The summed E-state index contributed by atoms with van der Waals surface area (Å²) in [5.74, 6) is -0.570. The quantitative estimate of drug-likeness (QED) is 0.468. The number of aliphatic hydroxyl groups excluding tert-OH is 1. The van der Waals surface area contributed by atoms with Crippen LogP contribution >= 0.6 is 11.3 Å². The van der Waals surface area contributed by atoms with Crippen LogP contribution in [0, 0.1) is 12.8 Å². The molecule has 1 saturated heterocycles. The Morgan fingerprint density at radius 3 is 2.54 bits per heavy atom. The summed E-state index contributed by atoms with van der Waals surface area (Å²) in [4.78, 5) is 53.7. The van der Waals surface area contributed by atoms with Crippen LogP contribution in [-0.4, -0.2) is 68.2 Å². The number of β-amino-alcohol motifs (C(OH)–C–C–N with tert-alkyl or cyclic N) is 1. The SMILES string of the molecule is Cc1ncsc1-c1ccc(C2(C)NC([C@@H]3C[C@@H](O)CN3C(=O)C(C(C)C)N3Cc4ccccc4C3=O)=NC2=O)cc1. The Kier molecular flexibility index (Phi) is 6.78. The molecular weight excluding hydrogens is 538 g/mol. The van der Waals surface area contributed by atoms with Crippen LogP contribution in [0.1, 0.15) is 54.4 Å². The van der Waals surface area contributed by atoms with Crippen molar-refractivity contribution in [2.45, 2.75) is 64.4 Å². The Morgan fingerprint density at radius 2 is 1.88 bits per heavy atom. The third-order valence-corrected chi connectivity index (χ3v) is 9.42. The summed E-state index contributed by atoms with van der Waals surface area (Å²) in [6.07, 6.45) is -0.514. The molecule has 4 atom stereocenters. The molecule has 2 aromatic carbocycles. The van der Waals surface area contributed by atoms with Gasteiger partial charge in [-0.3, -0.25) is 14.4 Å². The second kappa shape index (κ2) is 10.2. The second-order valence-electron chi connectivity index (χ2n) is 11.6. The third-order valence-electron chi connectivity index (χ3n) is 8.45. The molecule has 3 aliphatic rings. The number of benzene rings is 2. The average Bonchev–Trinajstić information content (AvgIpc) is 3.71. The summed E-state index contributed by atoms with van der Waals surface area (Å²) in [6, 6.07) is 13.9. The van der Waals surface area contributed by atoms with Crippen molar-refractivity contribution in [1.82, 2.24) is 20.1 Å². The van der Waals surface area contributed by atoms with Gasteiger partial charge in [-0.2, -0.15) is 4.99 Å². The van der Waals surface area contributed by atoms with Crippen LogP contribution in [0.3, 0.4) is 0 Å². The lowest BCUT2D eigenvalue weighted by Gasteiger charge is -2.36. The van der Waals surface area contributed by atoms with Crippen molar-refractivity contribution in [2.24, 2.45) is 10.9 Å². The van der Waals surface area contributed by atoms with E-state index < -0.39 is 23.7 Å². The lowest BCUT2D eigenvalue weighted by molar-refractivity contribution is -0.138. The Hall–Kier alpha value is -3.89. The van der Waals surface area contributed by atoms with Crippen molar-refractivity contribution in [1.29, 1.82) is 0 Å². The van der Waals surface area contributed by atoms with Crippen LogP contribution in [0.2, 0.25) is 0 Å². The lowest BCUT2D eigenvalue weighted by Crippen LogP contribution is -2.56. The molecule has 3 aromatic rings. The van der Waals surface area contributed by atoms with Gasteiger partial charge in [-0.05, 0) is 42.5 Å². The van der Waals surface area contributed by atoms with Gasteiger partial charge >= 0.3 is 0 Å². The number of aryl methyl sites for hydroxylation is 1. The number of hydrogen-bond acceptors (Lipinski definition) is 7. The van der Waals surface area contributed by atoms with Gasteiger partial charge in [-0.25, -0.2) is 4.98 Å². The van der Waals surface area contributed by atoms with Gasteiger partial charge in [0.15, 0.2) is 0 Å². The number of amides is 3. The number of aromatic nitrogens is 1. The number of aliphatic imine (C=N–C) groups is 1. The normalized spacial score (nSPS) is 24.6. The van der Waals surface area contributed by atoms with Gasteiger partial charge in [0.25, 0.3) is 11.8 Å². The molecule has 2 N–H and O–H groups in total. The summed E-state index contributed by atoms with van der Waals surface area (Å²) in [5.41, 5.74) is 4.95. The van der Waals surface area contributed by atoms with E-state index in [1.165, 1.54) is 0 Å². The average molecular weight is 572 g/mol. The molecule has 3 amide bonds. The minimum atomic E-state index is -1.11. The predicted octanol–water partition coefficient (Wildman–Crippen LogP) is 3.50. The van der Waals surface area contributed by atoms with E-state index >= 15 is 0 Å². The maximum Gasteiger partial charge on any atom is 0.277 e. The fourth-order valence-electron chi connectivity index (χ4n) is 6.21. The molecule has 0 spiro atoms. The Bertz CT molecular complexity index is 1560. The first kappa shape index (κ1) is 27.3. The third kappa shape index (κ3) is 4.55. The second-order valence-corrected chi connectivity index (χ2v) is 12.4. The van der Waals surface area contributed by atoms with Crippen LogP contribution in [-0.2, 0) is 21.7 Å². The van der Waals surface area contributed by atoms with Gasteiger partial charge in [-0.15, -0.1) is 11.3 Å². The van der Waals surface area contributed by atoms with Crippen molar-refractivity contribution in [3.63, 3.8) is 0 Å². The highest BCUT2D eigenvalue weighted by molar-refractivity contribution is 7.13. The highest BCUT2D eigenvalue weighted by Gasteiger charge is 2.49. The van der Waals surface area contributed by atoms with E-state index in [9.17, 15) is 19.5 Å². The van der Waals surface area contributed by atoms with Gasteiger partial charge in [-0.1, -0.05) is 56.3 Å². The summed E-state index contributed by atoms with van der Waals surface area (Å²) < 4.78 is 0.